The monoisotopic (exact) mass is 296 g/mol. The summed E-state index contributed by atoms with van der Waals surface area (Å²) in [6.07, 6.45) is 0.917. The molecule has 1 atom stereocenters. The lowest BCUT2D eigenvalue weighted by Gasteiger charge is -2.35. The maximum Gasteiger partial charge on any atom is 0.110 e. The molecule has 0 radical (unpaired) electrons. The van der Waals surface area contributed by atoms with Crippen molar-refractivity contribution in [1.29, 1.82) is 0 Å². The van der Waals surface area contributed by atoms with Crippen molar-refractivity contribution in [1.82, 2.24) is 0 Å². The van der Waals surface area contributed by atoms with Gasteiger partial charge in [0.2, 0.25) is 0 Å². The van der Waals surface area contributed by atoms with Crippen LogP contribution < -0.4 is 5.32 Å². The minimum Gasteiger partial charge on any atom is -0.369 e. The van der Waals surface area contributed by atoms with Crippen LogP contribution in [-0.2, 0) is 12.0 Å². The summed E-state index contributed by atoms with van der Waals surface area (Å²) in [7, 11) is 0. The first kappa shape index (κ1) is 12.7. The van der Waals surface area contributed by atoms with Crippen LogP contribution >= 0.6 is 0 Å². The van der Waals surface area contributed by atoms with E-state index in [1.165, 1.54) is 22.4 Å². The fraction of sp³-hybridized carbons (Fsp3) is 0.0952. The number of fused-ring (bicyclic) bond motifs is 4. The van der Waals surface area contributed by atoms with E-state index < -0.39 is 0 Å². The Morgan fingerprint density at radius 3 is 2.43 bits per heavy atom. The van der Waals surface area contributed by atoms with Gasteiger partial charge in [-0.3, -0.25) is 0 Å². The molecule has 0 aromatic heterocycles. The first-order valence-corrected chi connectivity index (χ1v) is 7.97. The van der Waals surface area contributed by atoms with Crippen LogP contribution in [0.25, 0.3) is 0 Å². The number of anilines is 1. The molecule has 2 aliphatic heterocycles. The van der Waals surface area contributed by atoms with E-state index in [1.54, 1.807) is 0 Å². The number of hydrogen-bond donors (Lipinski definition) is 1. The first-order chi connectivity index (χ1) is 11.4. The van der Waals surface area contributed by atoms with E-state index in [9.17, 15) is 0 Å². The van der Waals surface area contributed by atoms with Crippen LogP contribution in [0.4, 0.5) is 11.4 Å². The van der Waals surface area contributed by atoms with Crippen molar-refractivity contribution in [2.24, 2.45) is 4.99 Å². The highest BCUT2D eigenvalue weighted by atomic mass is 15.1. The molecule has 1 N–H and O–H groups in total. The van der Waals surface area contributed by atoms with Crippen LogP contribution in [0.3, 0.4) is 0 Å². The maximum atomic E-state index is 5.05. The number of nitrogens with zero attached hydrogens (tertiary/aromatic N) is 1. The molecule has 2 nitrogen and oxygen atoms in total. The van der Waals surface area contributed by atoms with Crippen molar-refractivity contribution in [2.45, 2.75) is 12.0 Å². The van der Waals surface area contributed by atoms with Gasteiger partial charge in [-0.1, -0.05) is 66.7 Å². The van der Waals surface area contributed by atoms with E-state index in [-0.39, 0.29) is 5.54 Å². The van der Waals surface area contributed by atoms with Crippen molar-refractivity contribution in [3.05, 3.63) is 95.6 Å². The minimum absolute atomic E-state index is 0.265. The second-order valence-electron chi connectivity index (χ2n) is 6.21. The molecule has 0 amide bonds. The van der Waals surface area contributed by atoms with Gasteiger partial charge in [-0.15, -0.1) is 0 Å². The van der Waals surface area contributed by atoms with Crippen molar-refractivity contribution >= 4 is 17.1 Å². The third-order valence-electron chi connectivity index (χ3n) is 4.88. The lowest BCUT2D eigenvalue weighted by atomic mass is 9.78. The molecule has 0 saturated heterocycles. The highest BCUT2D eigenvalue weighted by Crippen LogP contribution is 2.46. The zero-order chi connectivity index (χ0) is 15.3. The van der Waals surface area contributed by atoms with Crippen molar-refractivity contribution < 1.29 is 0 Å². The van der Waals surface area contributed by atoms with Gasteiger partial charge in [0, 0.05) is 17.7 Å². The van der Waals surface area contributed by atoms with Gasteiger partial charge in [-0.05, 0) is 23.3 Å². The molecule has 1 unspecified atom stereocenters. The number of hydrogen-bond acceptors (Lipinski definition) is 2. The number of rotatable bonds is 1. The normalized spacial score (nSPS) is 20.8. The standard InChI is InChI=1S/C21H16N2/c1-2-9-16(10-3-1)21-14-15-8-4-6-12-18(15)22-20(21)17-11-5-7-13-19(17)23-21/h1-13,23H,14H2. The van der Waals surface area contributed by atoms with Crippen LogP contribution in [0.2, 0.25) is 0 Å². The van der Waals surface area contributed by atoms with E-state index in [0.29, 0.717) is 0 Å². The summed E-state index contributed by atoms with van der Waals surface area (Å²) in [5, 5.41) is 3.78. The van der Waals surface area contributed by atoms with Crippen molar-refractivity contribution in [2.75, 3.05) is 5.32 Å². The summed E-state index contributed by atoms with van der Waals surface area (Å²) >= 11 is 0. The number of para-hydroxylation sites is 2. The van der Waals surface area contributed by atoms with Crippen molar-refractivity contribution in [3.63, 3.8) is 0 Å². The number of aliphatic imine (C=N–C) groups is 1. The summed E-state index contributed by atoms with van der Waals surface area (Å²) in [5.41, 5.74) is 6.91. The lowest BCUT2D eigenvalue weighted by Crippen LogP contribution is -2.42. The molecule has 0 aliphatic carbocycles. The van der Waals surface area contributed by atoms with Gasteiger partial charge in [0.25, 0.3) is 0 Å². The fourth-order valence-corrected chi connectivity index (χ4v) is 3.81. The van der Waals surface area contributed by atoms with Crippen LogP contribution in [-0.4, -0.2) is 5.71 Å². The van der Waals surface area contributed by atoms with Gasteiger partial charge in [0.15, 0.2) is 0 Å². The molecule has 3 aromatic carbocycles. The highest BCUT2D eigenvalue weighted by Gasteiger charge is 2.46. The largest absolute Gasteiger partial charge is 0.369 e. The molecule has 0 saturated carbocycles. The van der Waals surface area contributed by atoms with Gasteiger partial charge in [0.05, 0.1) is 11.4 Å². The molecule has 0 fully saturated rings. The second kappa shape index (κ2) is 4.56. The third-order valence-corrected chi connectivity index (χ3v) is 4.88. The van der Waals surface area contributed by atoms with Gasteiger partial charge in [-0.25, -0.2) is 4.99 Å². The molecular formula is C21H16N2. The second-order valence-corrected chi connectivity index (χ2v) is 6.21. The molecular weight excluding hydrogens is 280 g/mol. The average Bonchev–Trinajstić information content (AvgIpc) is 2.95. The molecule has 2 aliphatic rings. The molecule has 0 bridgehead atoms. The van der Waals surface area contributed by atoms with Gasteiger partial charge >= 0.3 is 0 Å². The fourth-order valence-electron chi connectivity index (χ4n) is 3.81. The number of nitrogens with one attached hydrogen (secondary N) is 1. The summed E-state index contributed by atoms with van der Waals surface area (Å²) in [5.74, 6) is 0. The Balaban J connectivity index is 1.81. The van der Waals surface area contributed by atoms with Gasteiger partial charge in [-0.2, -0.15) is 0 Å². The van der Waals surface area contributed by atoms with E-state index in [0.717, 1.165) is 17.8 Å². The van der Waals surface area contributed by atoms with Crippen LogP contribution in [0.5, 0.6) is 0 Å². The van der Waals surface area contributed by atoms with E-state index in [1.807, 2.05) is 0 Å². The quantitative estimate of drug-likeness (QED) is 0.692. The van der Waals surface area contributed by atoms with Crippen LogP contribution in [0, 0.1) is 0 Å². The van der Waals surface area contributed by atoms with Crippen LogP contribution in [0.15, 0.2) is 83.9 Å². The Morgan fingerprint density at radius 2 is 1.52 bits per heavy atom. The first-order valence-electron chi connectivity index (χ1n) is 7.97. The van der Waals surface area contributed by atoms with Gasteiger partial charge in [0.1, 0.15) is 5.54 Å². The Kier molecular flexibility index (Phi) is 2.51. The summed E-state index contributed by atoms with van der Waals surface area (Å²) in [6, 6.07) is 27.6. The zero-order valence-corrected chi connectivity index (χ0v) is 12.7. The Hall–Kier alpha value is -2.87. The molecule has 5 rings (SSSR count). The molecule has 3 aromatic rings. The highest BCUT2D eigenvalue weighted by molar-refractivity contribution is 6.18. The summed E-state index contributed by atoms with van der Waals surface area (Å²) < 4.78 is 0. The average molecular weight is 296 g/mol. The Labute approximate surface area is 135 Å². The molecule has 0 spiro atoms. The molecule has 2 heterocycles. The van der Waals surface area contributed by atoms with E-state index in [4.69, 9.17) is 4.99 Å². The Morgan fingerprint density at radius 1 is 0.783 bits per heavy atom. The Bertz CT molecular complexity index is 921. The third kappa shape index (κ3) is 1.72. The summed E-state index contributed by atoms with van der Waals surface area (Å²) in [6.45, 7) is 0. The zero-order valence-electron chi connectivity index (χ0n) is 12.7. The summed E-state index contributed by atoms with van der Waals surface area (Å²) in [4.78, 5) is 5.05. The maximum absolute atomic E-state index is 5.05. The number of benzene rings is 3. The lowest BCUT2D eigenvalue weighted by molar-refractivity contribution is 0.656. The van der Waals surface area contributed by atoms with Crippen molar-refractivity contribution in [3.8, 4) is 0 Å². The van der Waals surface area contributed by atoms with E-state index in [2.05, 4.69) is 84.2 Å². The van der Waals surface area contributed by atoms with Gasteiger partial charge < -0.3 is 5.32 Å². The smallest absolute Gasteiger partial charge is 0.110 e. The van der Waals surface area contributed by atoms with E-state index >= 15 is 0 Å². The molecule has 2 heteroatoms. The topological polar surface area (TPSA) is 24.4 Å². The predicted molar refractivity (Wildman–Crippen MR) is 94.5 cm³/mol. The predicted octanol–water partition coefficient (Wildman–Crippen LogP) is 4.68. The SMILES string of the molecule is c1ccc(C23Cc4ccccc4N=C2c2ccccc2N3)cc1. The molecule has 110 valence electrons. The van der Waals surface area contributed by atoms with Crippen LogP contribution in [0.1, 0.15) is 16.7 Å². The minimum atomic E-state index is -0.265. The molecule has 23 heavy (non-hydrogen) atoms.